The minimum absolute atomic E-state index is 0.292. The second-order valence-corrected chi connectivity index (χ2v) is 7.31. The molecule has 1 saturated heterocycles. The summed E-state index contributed by atoms with van der Waals surface area (Å²) in [7, 11) is 0. The zero-order chi connectivity index (χ0) is 16.3. The third-order valence-corrected chi connectivity index (χ3v) is 5.18. The van der Waals surface area contributed by atoms with Gasteiger partial charge in [-0.15, -0.1) is 0 Å². The summed E-state index contributed by atoms with van der Waals surface area (Å²) in [5.74, 6) is 0. The smallest absolute Gasteiger partial charge is 0.121 e. The van der Waals surface area contributed by atoms with Crippen LogP contribution in [0.3, 0.4) is 0 Å². The molecule has 1 N–H and O–H groups in total. The van der Waals surface area contributed by atoms with Gasteiger partial charge in [-0.2, -0.15) is 0 Å². The normalized spacial score (nSPS) is 16.7. The molecule has 1 fully saturated rings. The Hall–Kier alpha value is -1.64. The highest BCUT2D eigenvalue weighted by atomic mass is 16.3. The first-order valence-electron chi connectivity index (χ1n) is 8.60. The third kappa shape index (κ3) is 3.06. The molecule has 0 bridgehead atoms. The SMILES string of the molecule is CC(C)(CN1CCCC1)C(O)(c1ccccc1)c1ccccc1. The minimum atomic E-state index is -1.00. The number of hydrogen-bond donors (Lipinski definition) is 1. The molecule has 0 saturated carbocycles. The lowest BCUT2D eigenvalue weighted by atomic mass is 9.67. The van der Waals surface area contributed by atoms with Crippen molar-refractivity contribution in [3.8, 4) is 0 Å². The van der Waals surface area contributed by atoms with Gasteiger partial charge in [-0.05, 0) is 37.1 Å². The monoisotopic (exact) mass is 309 g/mol. The van der Waals surface area contributed by atoms with E-state index in [4.69, 9.17) is 0 Å². The average molecular weight is 309 g/mol. The molecule has 0 unspecified atom stereocenters. The second-order valence-electron chi connectivity index (χ2n) is 7.31. The van der Waals surface area contributed by atoms with Crippen molar-refractivity contribution in [2.75, 3.05) is 19.6 Å². The molecule has 2 aromatic rings. The van der Waals surface area contributed by atoms with Crippen molar-refractivity contribution in [3.05, 3.63) is 71.8 Å². The standard InChI is InChI=1S/C21H27NO/c1-20(2,17-22-15-9-10-16-22)21(23,18-11-5-3-6-12-18)19-13-7-4-8-14-19/h3-8,11-14,23H,9-10,15-17H2,1-2H3. The molecule has 0 aliphatic carbocycles. The average Bonchev–Trinajstić information content (AvgIpc) is 3.08. The second kappa shape index (κ2) is 6.46. The Morgan fingerprint density at radius 1 is 0.826 bits per heavy atom. The van der Waals surface area contributed by atoms with Gasteiger partial charge in [-0.25, -0.2) is 0 Å². The fraction of sp³-hybridized carbons (Fsp3) is 0.429. The van der Waals surface area contributed by atoms with E-state index in [9.17, 15) is 5.11 Å². The van der Waals surface area contributed by atoms with Crippen LogP contribution in [0, 0.1) is 5.41 Å². The Balaban J connectivity index is 2.04. The molecule has 2 heteroatoms. The lowest BCUT2D eigenvalue weighted by Gasteiger charge is -2.45. The summed E-state index contributed by atoms with van der Waals surface area (Å²) in [6.07, 6.45) is 2.54. The summed E-state index contributed by atoms with van der Waals surface area (Å²) in [5, 5.41) is 11.9. The van der Waals surface area contributed by atoms with Gasteiger partial charge in [0, 0.05) is 12.0 Å². The lowest BCUT2D eigenvalue weighted by molar-refractivity contribution is -0.0514. The topological polar surface area (TPSA) is 23.5 Å². The van der Waals surface area contributed by atoms with Crippen molar-refractivity contribution >= 4 is 0 Å². The van der Waals surface area contributed by atoms with Gasteiger partial charge in [-0.1, -0.05) is 74.5 Å². The van der Waals surface area contributed by atoms with Crippen LogP contribution < -0.4 is 0 Å². The van der Waals surface area contributed by atoms with Gasteiger partial charge in [0.05, 0.1) is 0 Å². The summed E-state index contributed by atoms with van der Waals surface area (Å²) in [5.41, 5.74) is 0.642. The van der Waals surface area contributed by atoms with Crippen LogP contribution in [0.2, 0.25) is 0 Å². The van der Waals surface area contributed by atoms with Gasteiger partial charge in [0.1, 0.15) is 5.60 Å². The molecule has 0 radical (unpaired) electrons. The molecule has 0 atom stereocenters. The van der Waals surface area contributed by atoms with Crippen molar-refractivity contribution in [2.45, 2.75) is 32.3 Å². The van der Waals surface area contributed by atoms with E-state index >= 15 is 0 Å². The van der Waals surface area contributed by atoms with E-state index in [2.05, 4.69) is 18.7 Å². The van der Waals surface area contributed by atoms with Crippen LogP contribution in [0.4, 0.5) is 0 Å². The molecular formula is C21H27NO. The summed E-state index contributed by atoms with van der Waals surface area (Å²) < 4.78 is 0. The van der Waals surface area contributed by atoms with Crippen LogP contribution in [0.1, 0.15) is 37.8 Å². The zero-order valence-corrected chi connectivity index (χ0v) is 14.2. The number of hydrogen-bond acceptors (Lipinski definition) is 2. The van der Waals surface area contributed by atoms with E-state index in [1.54, 1.807) is 0 Å². The van der Waals surface area contributed by atoms with Crippen molar-refractivity contribution in [2.24, 2.45) is 5.41 Å². The summed E-state index contributed by atoms with van der Waals surface area (Å²) in [6, 6.07) is 20.2. The highest BCUT2D eigenvalue weighted by molar-refractivity contribution is 5.38. The summed E-state index contributed by atoms with van der Waals surface area (Å²) >= 11 is 0. The van der Waals surface area contributed by atoms with Crippen molar-refractivity contribution in [3.63, 3.8) is 0 Å². The van der Waals surface area contributed by atoms with Gasteiger partial charge in [0.25, 0.3) is 0 Å². The van der Waals surface area contributed by atoms with Crippen LogP contribution in [0.15, 0.2) is 60.7 Å². The minimum Gasteiger partial charge on any atom is -0.380 e. The molecule has 1 heterocycles. The molecule has 122 valence electrons. The molecule has 3 rings (SSSR count). The fourth-order valence-corrected chi connectivity index (χ4v) is 3.92. The van der Waals surface area contributed by atoms with E-state index in [1.807, 2.05) is 60.7 Å². The Labute approximate surface area is 139 Å². The molecule has 0 aromatic heterocycles. The quantitative estimate of drug-likeness (QED) is 0.901. The number of benzene rings is 2. The third-order valence-electron chi connectivity index (χ3n) is 5.18. The van der Waals surface area contributed by atoms with E-state index in [0.29, 0.717) is 0 Å². The molecule has 0 amide bonds. The van der Waals surface area contributed by atoms with Gasteiger partial charge < -0.3 is 10.0 Å². The first-order valence-corrected chi connectivity index (χ1v) is 8.60. The largest absolute Gasteiger partial charge is 0.380 e. The number of nitrogens with zero attached hydrogens (tertiary/aromatic N) is 1. The van der Waals surface area contributed by atoms with Crippen molar-refractivity contribution in [1.82, 2.24) is 4.90 Å². The summed E-state index contributed by atoms with van der Waals surface area (Å²) in [6.45, 7) is 7.55. The Morgan fingerprint density at radius 3 is 1.70 bits per heavy atom. The lowest BCUT2D eigenvalue weighted by Crippen LogP contribution is -2.49. The van der Waals surface area contributed by atoms with Crippen molar-refractivity contribution in [1.29, 1.82) is 0 Å². The maximum Gasteiger partial charge on any atom is 0.121 e. The highest BCUT2D eigenvalue weighted by Crippen LogP contribution is 2.45. The number of rotatable bonds is 5. The molecule has 1 aliphatic rings. The number of aliphatic hydroxyl groups is 1. The van der Waals surface area contributed by atoms with Gasteiger partial charge in [0.15, 0.2) is 0 Å². The van der Waals surface area contributed by atoms with Crippen molar-refractivity contribution < 1.29 is 5.11 Å². The van der Waals surface area contributed by atoms with Gasteiger partial charge in [0.2, 0.25) is 0 Å². The first kappa shape index (κ1) is 16.2. The fourth-order valence-electron chi connectivity index (χ4n) is 3.92. The van der Waals surface area contributed by atoms with Crippen LogP contribution in [0.25, 0.3) is 0 Å². The van der Waals surface area contributed by atoms with Crippen LogP contribution >= 0.6 is 0 Å². The Bertz CT molecular complexity index is 575. The van der Waals surface area contributed by atoms with E-state index in [1.165, 1.54) is 12.8 Å². The molecule has 23 heavy (non-hydrogen) atoms. The van der Waals surface area contributed by atoms with E-state index in [0.717, 1.165) is 30.8 Å². The van der Waals surface area contributed by atoms with E-state index in [-0.39, 0.29) is 5.41 Å². The zero-order valence-electron chi connectivity index (χ0n) is 14.2. The number of likely N-dealkylation sites (tertiary alicyclic amines) is 1. The Kier molecular flexibility index (Phi) is 4.56. The van der Waals surface area contributed by atoms with Gasteiger partial charge in [-0.3, -0.25) is 0 Å². The summed E-state index contributed by atoms with van der Waals surface area (Å²) in [4.78, 5) is 2.48. The molecule has 1 aliphatic heterocycles. The maximum atomic E-state index is 11.9. The predicted octanol–water partition coefficient (Wildman–Crippen LogP) is 4.04. The molecular weight excluding hydrogens is 282 g/mol. The molecule has 0 spiro atoms. The highest BCUT2D eigenvalue weighted by Gasteiger charge is 2.47. The van der Waals surface area contributed by atoms with Gasteiger partial charge >= 0.3 is 0 Å². The Morgan fingerprint density at radius 2 is 1.26 bits per heavy atom. The molecule has 2 aromatic carbocycles. The van der Waals surface area contributed by atoms with Crippen LogP contribution in [-0.4, -0.2) is 29.6 Å². The predicted molar refractivity (Wildman–Crippen MR) is 95.3 cm³/mol. The maximum absolute atomic E-state index is 11.9. The van der Waals surface area contributed by atoms with E-state index < -0.39 is 5.60 Å². The first-order chi connectivity index (χ1) is 11.0. The van der Waals surface area contributed by atoms with Crippen LogP contribution in [-0.2, 0) is 5.60 Å². The van der Waals surface area contributed by atoms with Crippen LogP contribution in [0.5, 0.6) is 0 Å². The molecule has 2 nitrogen and oxygen atoms in total.